The van der Waals surface area contributed by atoms with Gasteiger partial charge in [-0.3, -0.25) is 0 Å². The summed E-state index contributed by atoms with van der Waals surface area (Å²) in [6, 6.07) is 4.07. The zero-order valence-corrected chi connectivity index (χ0v) is 15.8. The van der Waals surface area contributed by atoms with Gasteiger partial charge in [0.1, 0.15) is 11.5 Å². The summed E-state index contributed by atoms with van der Waals surface area (Å²) in [7, 11) is 3.41. The molecule has 0 bridgehead atoms. The quantitative estimate of drug-likeness (QED) is 0.598. The molecule has 0 amide bonds. The van der Waals surface area contributed by atoms with Crippen LogP contribution in [-0.2, 0) is 0 Å². The van der Waals surface area contributed by atoms with E-state index in [1.165, 1.54) is 5.56 Å². The highest BCUT2D eigenvalue weighted by Gasteiger charge is 2.24. The molecule has 2 aromatic rings. The second-order valence-corrected chi connectivity index (χ2v) is 7.18. The number of thiophene rings is 1. The highest BCUT2D eigenvalue weighted by molar-refractivity contribution is 9.10. The normalized spacial score (nSPS) is 12.3. The molecule has 2 nitrogen and oxygen atoms in total. The first-order valence-electron chi connectivity index (χ1n) is 6.10. The van der Waals surface area contributed by atoms with E-state index >= 15 is 0 Å². The Morgan fingerprint density at radius 3 is 2.50 bits per heavy atom. The molecule has 0 spiro atoms. The van der Waals surface area contributed by atoms with Crippen molar-refractivity contribution in [3.05, 3.63) is 43.6 Å². The van der Waals surface area contributed by atoms with Crippen molar-refractivity contribution in [2.24, 2.45) is 0 Å². The number of benzene rings is 1. The van der Waals surface area contributed by atoms with Crippen LogP contribution in [0.4, 0.5) is 0 Å². The van der Waals surface area contributed by atoms with Crippen molar-refractivity contribution >= 4 is 43.2 Å². The van der Waals surface area contributed by atoms with Crippen LogP contribution in [0.15, 0.2) is 22.0 Å². The molecule has 108 valence electrons. The van der Waals surface area contributed by atoms with Crippen LogP contribution in [-0.4, -0.2) is 14.2 Å². The predicted octanol–water partition coefficient (Wildman–Crippen LogP) is 5.63. The van der Waals surface area contributed by atoms with Gasteiger partial charge in [-0.1, -0.05) is 31.9 Å². The molecule has 0 aliphatic heterocycles. The van der Waals surface area contributed by atoms with Crippen molar-refractivity contribution in [2.75, 3.05) is 14.2 Å². The molecular weight excluding hydrogens is 404 g/mol. The molecule has 0 saturated heterocycles. The highest BCUT2D eigenvalue weighted by atomic mass is 79.9. The van der Waals surface area contributed by atoms with E-state index < -0.39 is 0 Å². The molecule has 2 rings (SSSR count). The van der Waals surface area contributed by atoms with Gasteiger partial charge in [0, 0.05) is 10.0 Å². The molecule has 1 aromatic carbocycles. The maximum Gasteiger partial charge on any atom is 0.134 e. The number of rotatable bonds is 4. The summed E-state index contributed by atoms with van der Waals surface area (Å²) in [5.74, 6) is 1.82. The van der Waals surface area contributed by atoms with Gasteiger partial charge < -0.3 is 9.47 Å². The smallest absolute Gasteiger partial charge is 0.134 e. The molecule has 1 heterocycles. The lowest BCUT2D eigenvalue weighted by molar-refractivity contribution is 0.404. The molecule has 0 radical (unpaired) electrons. The number of hydrogen-bond acceptors (Lipinski definition) is 3. The van der Waals surface area contributed by atoms with E-state index in [0.29, 0.717) is 0 Å². The summed E-state index contributed by atoms with van der Waals surface area (Å²) in [5, 5.41) is 2.04. The summed E-state index contributed by atoms with van der Waals surface area (Å²) in [4.78, 5) is 1.19. The molecular formula is C15H16Br2O2S. The van der Waals surface area contributed by atoms with Crippen molar-refractivity contribution < 1.29 is 9.47 Å². The number of aryl methyl sites for hydroxylation is 1. The molecule has 0 aliphatic rings. The van der Waals surface area contributed by atoms with Crippen LogP contribution < -0.4 is 9.47 Å². The number of halogens is 2. The van der Waals surface area contributed by atoms with Gasteiger partial charge in [0.05, 0.1) is 23.9 Å². The predicted molar refractivity (Wildman–Crippen MR) is 91.8 cm³/mol. The Morgan fingerprint density at radius 1 is 1.20 bits per heavy atom. The summed E-state index contributed by atoms with van der Waals surface area (Å²) >= 11 is 9.10. The van der Waals surface area contributed by atoms with Crippen LogP contribution in [0.1, 0.15) is 26.4 Å². The number of ether oxygens (including phenoxy) is 2. The lowest BCUT2D eigenvalue weighted by Crippen LogP contribution is -2.02. The van der Waals surface area contributed by atoms with Crippen molar-refractivity contribution in [3.8, 4) is 11.5 Å². The summed E-state index contributed by atoms with van der Waals surface area (Å²) in [6.45, 7) is 4.15. The van der Waals surface area contributed by atoms with Gasteiger partial charge in [0.15, 0.2) is 0 Å². The maximum atomic E-state index is 5.62. The molecule has 0 N–H and O–H groups in total. The van der Waals surface area contributed by atoms with E-state index in [-0.39, 0.29) is 4.83 Å². The van der Waals surface area contributed by atoms with Crippen LogP contribution >= 0.6 is 43.2 Å². The number of alkyl halides is 1. The summed E-state index contributed by atoms with van der Waals surface area (Å²) in [5.41, 5.74) is 3.42. The standard InChI is InChI=1S/C15H16Br2O2S/c1-8-7-10(16)9(2)12(14(8)19-4)13(17)15-11(18-3)5-6-20-15/h5-7,13H,1-4H3. The molecule has 1 unspecified atom stereocenters. The van der Waals surface area contributed by atoms with E-state index in [1.54, 1.807) is 25.6 Å². The van der Waals surface area contributed by atoms with Crippen LogP contribution in [0.3, 0.4) is 0 Å². The van der Waals surface area contributed by atoms with Crippen molar-refractivity contribution in [1.29, 1.82) is 0 Å². The lowest BCUT2D eigenvalue weighted by atomic mass is 10.00. The second kappa shape index (κ2) is 6.50. The van der Waals surface area contributed by atoms with E-state index in [9.17, 15) is 0 Å². The zero-order chi connectivity index (χ0) is 14.9. The van der Waals surface area contributed by atoms with Crippen LogP contribution in [0.5, 0.6) is 11.5 Å². The molecule has 0 fully saturated rings. The first-order chi connectivity index (χ1) is 9.51. The minimum absolute atomic E-state index is 0.0450. The maximum absolute atomic E-state index is 5.62. The third-order valence-corrected chi connectivity index (χ3v) is 6.28. The minimum atomic E-state index is 0.0450. The second-order valence-electron chi connectivity index (χ2n) is 4.46. The van der Waals surface area contributed by atoms with Crippen LogP contribution in [0.2, 0.25) is 0 Å². The summed E-state index contributed by atoms with van der Waals surface area (Å²) in [6.07, 6.45) is 0. The molecule has 0 saturated carbocycles. The first-order valence-corrected chi connectivity index (χ1v) is 8.69. The third-order valence-electron chi connectivity index (χ3n) is 3.27. The Labute approximate surface area is 140 Å². The van der Waals surface area contributed by atoms with E-state index in [2.05, 4.69) is 51.8 Å². The fraction of sp³-hybridized carbons (Fsp3) is 0.333. The average molecular weight is 420 g/mol. The van der Waals surface area contributed by atoms with E-state index in [4.69, 9.17) is 9.47 Å². The molecule has 5 heteroatoms. The zero-order valence-electron chi connectivity index (χ0n) is 11.8. The van der Waals surface area contributed by atoms with Crippen molar-refractivity contribution in [3.63, 3.8) is 0 Å². The molecule has 1 aromatic heterocycles. The monoisotopic (exact) mass is 418 g/mol. The molecule has 1 atom stereocenters. The van der Waals surface area contributed by atoms with Gasteiger partial charge in [0.2, 0.25) is 0 Å². The van der Waals surface area contributed by atoms with Gasteiger partial charge in [-0.05, 0) is 42.5 Å². The first kappa shape index (κ1) is 15.9. The minimum Gasteiger partial charge on any atom is -0.496 e. The van der Waals surface area contributed by atoms with Crippen LogP contribution in [0, 0.1) is 13.8 Å². The van der Waals surface area contributed by atoms with E-state index in [0.717, 1.165) is 32.0 Å². The topological polar surface area (TPSA) is 18.5 Å². The molecule has 20 heavy (non-hydrogen) atoms. The average Bonchev–Trinajstić information content (AvgIpc) is 2.90. The van der Waals surface area contributed by atoms with Gasteiger partial charge in [-0.15, -0.1) is 11.3 Å². The largest absolute Gasteiger partial charge is 0.496 e. The fourth-order valence-electron chi connectivity index (χ4n) is 2.25. The Kier molecular flexibility index (Phi) is 5.15. The fourth-order valence-corrected chi connectivity index (χ4v) is 4.75. The number of methoxy groups -OCH3 is 2. The van der Waals surface area contributed by atoms with Crippen molar-refractivity contribution in [2.45, 2.75) is 18.7 Å². The van der Waals surface area contributed by atoms with Gasteiger partial charge in [-0.2, -0.15) is 0 Å². The van der Waals surface area contributed by atoms with Gasteiger partial charge >= 0.3 is 0 Å². The highest BCUT2D eigenvalue weighted by Crippen LogP contribution is 2.47. The number of hydrogen-bond donors (Lipinski definition) is 0. The van der Waals surface area contributed by atoms with Gasteiger partial charge in [-0.25, -0.2) is 0 Å². The summed E-state index contributed by atoms with van der Waals surface area (Å²) < 4.78 is 12.1. The lowest BCUT2D eigenvalue weighted by Gasteiger charge is -2.20. The Balaban J connectivity index is 2.62. The van der Waals surface area contributed by atoms with Crippen molar-refractivity contribution in [1.82, 2.24) is 0 Å². The van der Waals surface area contributed by atoms with Gasteiger partial charge in [0.25, 0.3) is 0 Å². The molecule has 0 aliphatic carbocycles. The SMILES string of the molecule is COc1ccsc1C(Br)c1c(C)c(Br)cc(C)c1OC. The van der Waals surface area contributed by atoms with Crippen LogP contribution in [0.25, 0.3) is 0 Å². The Morgan fingerprint density at radius 2 is 1.90 bits per heavy atom. The third kappa shape index (κ3) is 2.76. The Hall–Kier alpha value is -0.520. The Bertz CT molecular complexity index is 623. The van der Waals surface area contributed by atoms with E-state index in [1.807, 2.05) is 11.4 Å².